The number of rotatable bonds is 2. The maximum Gasteiger partial charge on any atom is 0.280 e. The molecule has 0 unspecified atom stereocenters. The molecule has 0 fully saturated rings. The van der Waals surface area contributed by atoms with Crippen LogP contribution in [0.2, 0.25) is 5.02 Å². The van der Waals surface area contributed by atoms with Crippen molar-refractivity contribution < 1.29 is 21.6 Å². The molecular formula is C6H2Cl2F3NO2S. The van der Waals surface area contributed by atoms with Crippen molar-refractivity contribution in [1.29, 1.82) is 0 Å². The van der Waals surface area contributed by atoms with E-state index in [1.807, 2.05) is 0 Å². The van der Waals surface area contributed by atoms with E-state index in [-0.39, 0.29) is 0 Å². The van der Waals surface area contributed by atoms with Crippen molar-refractivity contribution in [3.63, 3.8) is 0 Å². The van der Waals surface area contributed by atoms with Gasteiger partial charge in [0.1, 0.15) is 0 Å². The second-order valence-electron chi connectivity index (χ2n) is 2.39. The van der Waals surface area contributed by atoms with Gasteiger partial charge in [0.05, 0.1) is 10.6 Å². The van der Waals surface area contributed by atoms with Gasteiger partial charge in [0.15, 0.2) is 5.03 Å². The molecule has 0 spiro atoms. The molecule has 0 amide bonds. The third-order valence-corrected chi connectivity index (χ3v) is 3.00. The van der Waals surface area contributed by atoms with Crippen LogP contribution in [0.25, 0.3) is 0 Å². The Bertz CT molecular complexity index is 491. The van der Waals surface area contributed by atoms with Crippen LogP contribution in [0.4, 0.5) is 13.2 Å². The van der Waals surface area contributed by atoms with Gasteiger partial charge in [-0.15, -0.1) is 0 Å². The molecule has 9 heteroatoms. The molecule has 0 aromatic carbocycles. The van der Waals surface area contributed by atoms with Gasteiger partial charge in [-0.2, -0.15) is 4.39 Å². The number of hydrogen-bond acceptors (Lipinski definition) is 3. The topological polar surface area (TPSA) is 47.0 Å². The van der Waals surface area contributed by atoms with Crippen LogP contribution in [-0.2, 0) is 9.05 Å². The van der Waals surface area contributed by atoms with E-state index in [1.54, 1.807) is 0 Å². The van der Waals surface area contributed by atoms with Gasteiger partial charge in [-0.1, -0.05) is 11.6 Å². The average Bonchev–Trinajstić information content (AvgIpc) is 2.06. The van der Waals surface area contributed by atoms with Gasteiger partial charge in [0.2, 0.25) is 5.95 Å². The maximum absolute atomic E-state index is 12.8. The number of nitrogens with zero attached hydrogens (tertiary/aromatic N) is 1. The summed E-state index contributed by atoms with van der Waals surface area (Å²) in [4.78, 5) is 2.77. The minimum absolute atomic E-state index is 0.476. The monoisotopic (exact) mass is 279 g/mol. The van der Waals surface area contributed by atoms with Gasteiger partial charge >= 0.3 is 0 Å². The van der Waals surface area contributed by atoms with Crippen LogP contribution in [0.5, 0.6) is 0 Å². The summed E-state index contributed by atoms with van der Waals surface area (Å²) in [5, 5.41) is -1.63. The van der Waals surface area contributed by atoms with Gasteiger partial charge in [-0.05, 0) is 6.07 Å². The van der Waals surface area contributed by atoms with Crippen LogP contribution in [0, 0.1) is 5.95 Å². The van der Waals surface area contributed by atoms with Crippen molar-refractivity contribution >= 4 is 31.3 Å². The molecule has 15 heavy (non-hydrogen) atoms. The first-order valence-electron chi connectivity index (χ1n) is 3.32. The summed E-state index contributed by atoms with van der Waals surface area (Å²) >= 11 is 5.30. The van der Waals surface area contributed by atoms with E-state index in [1.165, 1.54) is 0 Å². The fraction of sp³-hybridized carbons (Fsp3) is 0.167. The normalized spacial score (nSPS) is 12.1. The van der Waals surface area contributed by atoms with Crippen LogP contribution in [0.15, 0.2) is 11.1 Å². The average molecular weight is 280 g/mol. The summed E-state index contributed by atoms with van der Waals surface area (Å²) in [6.07, 6.45) is -3.14. The molecule has 0 bridgehead atoms. The van der Waals surface area contributed by atoms with Gasteiger partial charge in [-0.3, -0.25) is 0 Å². The fourth-order valence-electron chi connectivity index (χ4n) is 0.789. The number of pyridine rings is 1. The second kappa shape index (κ2) is 4.15. The van der Waals surface area contributed by atoms with Crippen LogP contribution in [-0.4, -0.2) is 13.4 Å². The number of hydrogen-bond donors (Lipinski definition) is 0. The lowest BCUT2D eigenvalue weighted by atomic mass is 10.3. The molecule has 0 radical (unpaired) electrons. The van der Waals surface area contributed by atoms with E-state index in [0.717, 1.165) is 0 Å². The third kappa shape index (κ3) is 2.73. The van der Waals surface area contributed by atoms with Crippen molar-refractivity contribution in [2.24, 2.45) is 0 Å². The molecule has 0 N–H and O–H groups in total. The highest BCUT2D eigenvalue weighted by molar-refractivity contribution is 8.13. The predicted molar refractivity (Wildman–Crippen MR) is 47.2 cm³/mol. The SMILES string of the molecule is O=S(=O)(Cl)c1nc(F)c(C(F)F)cc1Cl. The van der Waals surface area contributed by atoms with E-state index < -0.39 is 37.0 Å². The second-order valence-corrected chi connectivity index (χ2v) is 5.28. The van der Waals surface area contributed by atoms with E-state index >= 15 is 0 Å². The molecule has 84 valence electrons. The number of halogens is 5. The van der Waals surface area contributed by atoms with Gasteiger partial charge in [0.25, 0.3) is 15.5 Å². The molecule has 1 rings (SSSR count). The largest absolute Gasteiger partial charge is 0.280 e. The highest BCUT2D eigenvalue weighted by Crippen LogP contribution is 2.29. The smallest absolute Gasteiger partial charge is 0.205 e. The summed E-state index contributed by atoms with van der Waals surface area (Å²) in [6, 6.07) is 0.476. The van der Waals surface area contributed by atoms with Crippen molar-refractivity contribution in [2.45, 2.75) is 11.5 Å². The van der Waals surface area contributed by atoms with Crippen LogP contribution in [0.3, 0.4) is 0 Å². The molecule has 0 atom stereocenters. The van der Waals surface area contributed by atoms with E-state index in [4.69, 9.17) is 22.3 Å². The fourth-order valence-corrected chi connectivity index (χ4v) is 2.21. The van der Waals surface area contributed by atoms with Crippen molar-refractivity contribution in [3.05, 3.63) is 22.6 Å². The zero-order valence-electron chi connectivity index (χ0n) is 6.72. The molecule has 0 aliphatic heterocycles. The molecule has 1 heterocycles. The van der Waals surface area contributed by atoms with Crippen molar-refractivity contribution in [1.82, 2.24) is 4.98 Å². The Labute approximate surface area is 92.2 Å². The lowest BCUT2D eigenvalue weighted by Gasteiger charge is -2.04. The third-order valence-electron chi connectivity index (χ3n) is 1.39. The summed E-state index contributed by atoms with van der Waals surface area (Å²) < 4.78 is 58.6. The standard InChI is InChI=1S/C6H2Cl2F3NO2S/c7-3-1-2(4(9)10)5(11)12-6(3)15(8,13)14/h1,4H. The van der Waals surface area contributed by atoms with E-state index in [9.17, 15) is 21.6 Å². The Hall–Kier alpha value is -0.530. The van der Waals surface area contributed by atoms with Crippen molar-refractivity contribution in [2.75, 3.05) is 0 Å². The zero-order valence-corrected chi connectivity index (χ0v) is 9.04. The lowest BCUT2D eigenvalue weighted by Crippen LogP contribution is -2.03. The number of aromatic nitrogens is 1. The zero-order chi connectivity index (χ0) is 11.8. The summed E-state index contributed by atoms with van der Waals surface area (Å²) in [5.41, 5.74) is -1.08. The Kier molecular flexibility index (Phi) is 3.47. The van der Waals surface area contributed by atoms with Gasteiger partial charge < -0.3 is 0 Å². The Morgan fingerprint density at radius 3 is 2.33 bits per heavy atom. The van der Waals surface area contributed by atoms with Gasteiger partial charge in [0, 0.05) is 10.7 Å². The molecule has 0 aliphatic carbocycles. The molecule has 0 saturated heterocycles. The summed E-state index contributed by atoms with van der Waals surface area (Å²) in [7, 11) is 0.485. The lowest BCUT2D eigenvalue weighted by molar-refractivity contribution is 0.145. The Balaban J connectivity index is 3.46. The molecule has 0 aliphatic rings. The molecule has 3 nitrogen and oxygen atoms in total. The maximum atomic E-state index is 12.8. The quantitative estimate of drug-likeness (QED) is 0.618. The highest BCUT2D eigenvalue weighted by Gasteiger charge is 2.23. The van der Waals surface area contributed by atoms with Crippen LogP contribution in [0.1, 0.15) is 12.0 Å². The van der Waals surface area contributed by atoms with Gasteiger partial charge in [-0.25, -0.2) is 22.2 Å². The Morgan fingerprint density at radius 2 is 1.93 bits per heavy atom. The summed E-state index contributed by atoms with van der Waals surface area (Å²) in [5.74, 6) is -1.62. The Morgan fingerprint density at radius 1 is 1.40 bits per heavy atom. The van der Waals surface area contributed by atoms with Crippen LogP contribution < -0.4 is 0 Å². The first-order chi connectivity index (χ1) is 6.73. The number of alkyl halides is 2. The van der Waals surface area contributed by atoms with Crippen molar-refractivity contribution in [3.8, 4) is 0 Å². The predicted octanol–water partition coefficient (Wildman–Crippen LogP) is 2.74. The molecule has 1 aromatic rings. The first-order valence-corrected chi connectivity index (χ1v) is 6.01. The molecule has 0 saturated carbocycles. The summed E-state index contributed by atoms with van der Waals surface area (Å²) in [6.45, 7) is 0. The van der Waals surface area contributed by atoms with E-state index in [2.05, 4.69) is 4.98 Å². The molecular weight excluding hydrogens is 278 g/mol. The minimum atomic E-state index is -4.35. The molecule has 1 aromatic heterocycles. The minimum Gasteiger partial charge on any atom is -0.205 e. The highest BCUT2D eigenvalue weighted by atomic mass is 35.7. The first kappa shape index (κ1) is 12.5. The van der Waals surface area contributed by atoms with E-state index in [0.29, 0.717) is 6.07 Å². The van der Waals surface area contributed by atoms with Crippen LogP contribution >= 0.6 is 22.3 Å².